The normalized spacial score (nSPS) is 16.6. The van der Waals surface area contributed by atoms with Crippen LogP contribution >= 0.6 is 0 Å². The Morgan fingerprint density at radius 1 is 1.47 bits per heavy atom. The van der Waals surface area contributed by atoms with Crippen molar-refractivity contribution in [2.24, 2.45) is 12.8 Å². The van der Waals surface area contributed by atoms with Gasteiger partial charge in [0, 0.05) is 25.8 Å². The first-order valence-corrected chi connectivity index (χ1v) is 6.09. The Labute approximate surface area is 109 Å². The summed E-state index contributed by atoms with van der Waals surface area (Å²) < 4.78 is 6.53. The fraction of sp³-hybridized carbons (Fsp3) is 0.385. The summed E-state index contributed by atoms with van der Waals surface area (Å²) in [5.74, 6) is -0.524. The van der Waals surface area contributed by atoms with Gasteiger partial charge >= 0.3 is 5.76 Å². The Morgan fingerprint density at radius 2 is 2.16 bits per heavy atom. The molecule has 0 atom stereocenters. The van der Waals surface area contributed by atoms with Gasteiger partial charge in [0.05, 0.1) is 11.1 Å². The number of oxazole rings is 1. The lowest BCUT2D eigenvalue weighted by atomic mass is 10.2. The molecule has 0 radical (unpaired) electrons. The van der Waals surface area contributed by atoms with E-state index in [9.17, 15) is 9.59 Å². The highest BCUT2D eigenvalue weighted by Crippen LogP contribution is 2.35. The predicted octanol–water partition coefficient (Wildman–Crippen LogP) is 0.586. The van der Waals surface area contributed by atoms with Crippen LogP contribution in [0.15, 0.2) is 27.4 Å². The van der Waals surface area contributed by atoms with Crippen molar-refractivity contribution < 1.29 is 9.21 Å². The number of likely N-dealkylation sites (N-methyl/N-ethyl adjacent to an activating group) is 1. The largest absolute Gasteiger partial charge is 0.419 e. The fourth-order valence-corrected chi connectivity index (χ4v) is 2.13. The molecule has 0 spiro atoms. The molecule has 1 saturated carbocycles. The maximum Gasteiger partial charge on any atom is 0.419 e. The van der Waals surface area contributed by atoms with E-state index in [0.29, 0.717) is 16.8 Å². The molecular weight excluding hydrogens is 246 g/mol. The fourth-order valence-electron chi connectivity index (χ4n) is 2.13. The molecule has 6 heteroatoms. The summed E-state index contributed by atoms with van der Waals surface area (Å²) in [7, 11) is 3.32. The third-order valence-electron chi connectivity index (χ3n) is 3.68. The van der Waals surface area contributed by atoms with Crippen molar-refractivity contribution in [3.05, 3.63) is 28.7 Å². The molecule has 1 amide bonds. The van der Waals surface area contributed by atoms with Crippen molar-refractivity contribution in [1.82, 2.24) is 4.57 Å². The van der Waals surface area contributed by atoms with Gasteiger partial charge in [0.25, 0.3) is 0 Å². The van der Waals surface area contributed by atoms with Gasteiger partial charge in [-0.2, -0.15) is 0 Å². The summed E-state index contributed by atoms with van der Waals surface area (Å²) in [6.45, 7) is 0. The number of carbonyl (C=O) groups is 1. The van der Waals surface area contributed by atoms with Gasteiger partial charge in [0.1, 0.15) is 0 Å². The molecule has 0 aliphatic heterocycles. The third kappa shape index (κ3) is 1.76. The summed E-state index contributed by atoms with van der Waals surface area (Å²) in [5.41, 5.74) is 7.03. The summed E-state index contributed by atoms with van der Waals surface area (Å²) >= 11 is 0. The second-order valence-corrected chi connectivity index (χ2v) is 5.10. The van der Waals surface area contributed by atoms with Gasteiger partial charge in [0.2, 0.25) is 5.91 Å². The zero-order valence-corrected chi connectivity index (χ0v) is 10.8. The number of hydrogen-bond donors (Lipinski definition) is 1. The molecule has 1 aromatic heterocycles. The van der Waals surface area contributed by atoms with Crippen LogP contribution in [-0.2, 0) is 11.8 Å². The van der Waals surface area contributed by atoms with Crippen LogP contribution in [-0.4, -0.2) is 23.1 Å². The van der Waals surface area contributed by atoms with E-state index in [2.05, 4.69) is 0 Å². The number of rotatable bonds is 2. The Balaban J connectivity index is 2.01. The van der Waals surface area contributed by atoms with Gasteiger partial charge < -0.3 is 15.1 Å². The molecule has 19 heavy (non-hydrogen) atoms. The molecule has 0 saturated heterocycles. The first-order valence-electron chi connectivity index (χ1n) is 6.09. The van der Waals surface area contributed by atoms with Gasteiger partial charge in [-0.05, 0) is 25.0 Å². The second kappa shape index (κ2) is 3.71. The van der Waals surface area contributed by atoms with Gasteiger partial charge in [-0.25, -0.2) is 4.79 Å². The molecule has 1 aliphatic rings. The maximum atomic E-state index is 12.1. The monoisotopic (exact) mass is 261 g/mol. The molecule has 0 unspecified atom stereocenters. The Morgan fingerprint density at radius 3 is 2.79 bits per heavy atom. The van der Waals surface area contributed by atoms with Gasteiger partial charge in [0.15, 0.2) is 5.58 Å². The molecule has 2 aromatic rings. The lowest BCUT2D eigenvalue weighted by Gasteiger charge is -2.20. The molecule has 1 fully saturated rings. The SMILES string of the molecule is CN(C(=O)C1(N)CC1)c1ccc2c(c1)oc(=O)n2C. The number of nitrogens with zero attached hydrogens (tertiary/aromatic N) is 2. The van der Waals surface area contributed by atoms with Crippen LogP contribution in [0.2, 0.25) is 0 Å². The minimum Gasteiger partial charge on any atom is -0.408 e. The number of carbonyl (C=O) groups excluding carboxylic acids is 1. The van der Waals surface area contributed by atoms with E-state index in [-0.39, 0.29) is 5.91 Å². The number of anilines is 1. The van der Waals surface area contributed by atoms with Crippen molar-refractivity contribution in [2.75, 3.05) is 11.9 Å². The quantitative estimate of drug-likeness (QED) is 0.857. The maximum absolute atomic E-state index is 12.1. The zero-order valence-electron chi connectivity index (χ0n) is 10.8. The Bertz CT molecular complexity index is 724. The minimum absolute atomic E-state index is 0.106. The number of aryl methyl sites for hydroxylation is 1. The van der Waals surface area contributed by atoms with E-state index in [1.165, 1.54) is 9.47 Å². The van der Waals surface area contributed by atoms with Crippen LogP contribution in [0.1, 0.15) is 12.8 Å². The second-order valence-electron chi connectivity index (χ2n) is 5.10. The van der Waals surface area contributed by atoms with E-state index < -0.39 is 11.3 Å². The minimum atomic E-state index is -0.707. The highest BCUT2D eigenvalue weighted by Gasteiger charge is 2.47. The van der Waals surface area contributed by atoms with E-state index in [0.717, 1.165) is 12.8 Å². The predicted molar refractivity (Wildman–Crippen MR) is 71.0 cm³/mol. The molecule has 100 valence electrons. The van der Waals surface area contributed by atoms with Crippen molar-refractivity contribution in [3.8, 4) is 0 Å². The van der Waals surface area contributed by atoms with Crippen LogP contribution in [0.3, 0.4) is 0 Å². The van der Waals surface area contributed by atoms with Crippen LogP contribution in [0.5, 0.6) is 0 Å². The summed E-state index contributed by atoms with van der Waals surface area (Å²) in [6, 6.07) is 5.22. The van der Waals surface area contributed by atoms with Crippen molar-refractivity contribution in [1.29, 1.82) is 0 Å². The first kappa shape index (κ1) is 12.0. The van der Waals surface area contributed by atoms with E-state index >= 15 is 0 Å². The molecule has 2 N–H and O–H groups in total. The van der Waals surface area contributed by atoms with Crippen LogP contribution in [0.4, 0.5) is 5.69 Å². The average molecular weight is 261 g/mol. The summed E-state index contributed by atoms with van der Waals surface area (Å²) in [4.78, 5) is 25.1. The molecular formula is C13H15N3O3. The van der Waals surface area contributed by atoms with Crippen molar-refractivity contribution in [2.45, 2.75) is 18.4 Å². The lowest BCUT2D eigenvalue weighted by Crippen LogP contribution is -2.43. The molecule has 3 rings (SSSR count). The highest BCUT2D eigenvalue weighted by molar-refractivity contribution is 6.02. The lowest BCUT2D eigenvalue weighted by molar-refractivity contribution is -0.120. The topological polar surface area (TPSA) is 81.5 Å². The molecule has 1 heterocycles. The number of benzene rings is 1. The van der Waals surface area contributed by atoms with Crippen molar-refractivity contribution in [3.63, 3.8) is 0 Å². The number of aromatic nitrogens is 1. The molecule has 0 bridgehead atoms. The molecule has 6 nitrogen and oxygen atoms in total. The van der Waals surface area contributed by atoms with Gasteiger partial charge in [-0.15, -0.1) is 0 Å². The van der Waals surface area contributed by atoms with Gasteiger partial charge in [-0.3, -0.25) is 9.36 Å². The number of amides is 1. The zero-order chi connectivity index (χ0) is 13.8. The standard InChI is InChI=1S/C13H15N3O3/c1-15(11(17)13(14)5-6-13)8-3-4-9-10(7-8)19-12(18)16(9)2/h3-4,7H,5-6,14H2,1-2H3. The average Bonchev–Trinajstić information content (AvgIpc) is 3.08. The van der Waals surface area contributed by atoms with E-state index in [1.807, 2.05) is 0 Å². The number of fused-ring (bicyclic) bond motifs is 1. The first-order chi connectivity index (χ1) is 8.92. The Hall–Kier alpha value is -2.08. The molecule has 1 aromatic carbocycles. The smallest absolute Gasteiger partial charge is 0.408 e. The van der Waals surface area contributed by atoms with Crippen molar-refractivity contribution >= 4 is 22.7 Å². The van der Waals surface area contributed by atoms with Crippen LogP contribution in [0.25, 0.3) is 11.1 Å². The molecule has 1 aliphatic carbocycles. The van der Waals surface area contributed by atoms with E-state index in [1.54, 1.807) is 32.3 Å². The van der Waals surface area contributed by atoms with Crippen LogP contribution in [0, 0.1) is 0 Å². The Kier molecular flexibility index (Phi) is 2.34. The summed E-state index contributed by atoms with van der Waals surface area (Å²) in [6.07, 6.45) is 1.44. The number of nitrogens with two attached hydrogens (primary N) is 1. The third-order valence-corrected chi connectivity index (χ3v) is 3.68. The van der Waals surface area contributed by atoms with Gasteiger partial charge in [-0.1, -0.05) is 0 Å². The van der Waals surface area contributed by atoms with E-state index in [4.69, 9.17) is 10.2 Å². The summed E-state index contributed by atoms with van der Waals surface area (Å²) in [5, 5.41) is 0. The highest BCUT2D eigenvalue weighted by atomic mass is 16.4. The number of hydrogen-bond acceptors (Lipinski definition) is 4. The van der Waals surface area contributed by atoms with Crippen LogP contribution < -0.4 is 16.4 Å².